The Hall–Kier alpha value is -0.220. The van der Waals surface area contributed by atoms with Gasteiger partial charge in [0.2, 0.25) is 5.91 Å². The summed E-state index contributed by atoms with van der Waals surface area (Å²) in [4.78, 5) is 11.6. The number of hydrogen-bond acceptors (Lipinski definition) is 3. The van der Waals surface area contributed by atoms with Crippen molar-refractivity contribution >= 4 is 17.7 Å². The minimum atomic E-state index is -0.0626. The fourth-order valence-electron chi connectivity index (χ4n) is 1.50. The molecule has 0 saturated carbocycles. The van der Waals surface area contributed by atoms with Crippen LogP contribution in [0.25, 0.3) is 0 Å². The monoisotopic (exact) mass is 260 g/mol. The van der Waals surface area contributed by atoms with Crippen molar-refractivity contribution in [2.75, 3.05) is 25.1 Å². The van der Waals surface area contributed by atoms with Gasteiger partial charge in [-0.1, -0.05) is 19.8 Å². The second kappa shape index (κ2) is 12.2. The molecule has 0 bridgehead atoms. The van der Waals surface area contributed by atoms with Crippen molar-refractivity contribution in [2.45, 2.75) is 52.0 Å². The molecular formula is C13H28N2OS. The molecular weight excluding hydrogens is 232 g/mol. The van der Waals surface area contributed by atoms with Crippen LogP contribution in [0.3, 0.4) is 0 Å². The van der Waals surface area contributed by atoms with Crippen molar-refractivity contribution in [1.82, 2.24) is 10.6 Å². The molecule has 4 heteroatoms. The fraction of sp³-hybridized carbons (Fsp3) is 0.923. The van der Waals surface area contributed by atoms with Crippen LogP contribution < -0.4 is 10.6 Å². The first-order chi connectivity index (χ1) is 8.22. The quantitative estimate of drug-likeness (QED) is 0.561. The van der Waals surface area contributed by atoms with Gasteiger partial charge in [0.05, 0.1) is 6.04 Å². The molecule has 0 heterocycles. The third-order valence-electron chi connectivity index (χ3n) is 2.70. The highest BCUT2D eigenvalue weighted by Crippen LogP contribution is 2.01. The van der Waals surface area contributed by atoms with E-state index in [1.165, 1.54) is 18.6 Å². The molecule has 0 aromatic rings. The molecule has 0 rings (SSSR count). The van der Waals surface area contributed by atoms with Crippen LogP contribution in [0, 0.1) is 0 Å². The Bertz CT molecular complexity index is 188. The molecule has 1 unspecified atom stereocenters. The molecule has 0 aromatic carbocycles. The minimum Gasteiger partial charge on any atom is -0.355 e. The van der Waals surface area contributed by atoms with Gasteiger partial charge in [-0.3, -0.25) is 4.79 Å². The second-order valence-electron chi connectivity index (χ2n) is 4.37. The predicted octanol–water partition coefficient (Wildman–Crippen LogP) is 2.41. The molecule has 0 aliphatic carbocycles. The lowest BCUT2D eigenvalue weighted by Crippen LogP contribution is -2.42. The summed E-state index contributed by atoms with van der Waals surface area (Å²) in [6.07, 6.45) is 8.01. The number of thioether (sulfide) groups is 1. The number of rotatable bonds is 11. The third-order valence-corrected chi connectivity index (χ3v) is 3.40. The summed E-state index contributed by atoms with van der Waals surface area (Å²) in [5, 5.41) is 6.21. The lowest BCUT2D eigenvalue weighted by atomic mass is 10.2. The summed E-state index contributed by atoms with van der Waals surface area (Å²) in [7, 11) is 0. The van der Waals surface area contributed by atoms with Crippen LogP contribution in [0.4, 0.5) is 0 Å². The largest absolute Gasteiger partial charge is 0.355 e. The van der Waals surface area contributed by atoms with Gasteiger partial charge in [-0.05, 0) is 44.7 Å². The SMILES string of the molecule is CCCCNC(=O)C(C)NCCCCCSC. The maximum atomic E-state index is 11.6. The van der Waals surface area contributed by atoms with Crippen molar-refractivity contribution in [3.63, 3.8) is 0 Å². The second-order valence-corrected chi connectivity index (χ2v) is 5.36. The van der Waals surface area contributed by atoms with Gasteiger partial charge in [-0.2, -0.15) is 11.8 Å². The lowest BCUT2D eigenvalue weighted by molar-refractivity contribution is -0.122. The van der Waals surface area contributed by atoms with E-state index in [2.05, 4.69) is 23.8 Å². The van der Waals surface area contributed by atoms with Gasteiger partial charge < -0.3 is 10.6 Å². The Morgan fingerprint density at radius 1 is 1.18 bits per heavy atom. The molecule has 0 spiro atoms. The van der Waals surface area contributed by atoms with Crippen LogP contribution in [-0.2, 0) is 4.79 Å². The molecule has 17 heavy (non-hydrogen) atoms. The zero-order valence-electron chi connectivity index (χ0n) is 11.6. The average Bonchev–Trinajstić information content (AvgIpc) is 2.33. The van der Waals surface area contributed by atoms with Crippen LogP contribution in [0.15, 0.2) is 0 Å². The first kappa shape index (κ1) is 16.8. The van der Waals surface area contributed by atoms with Crippen LogP contribution in [-0.4, -0.2) is 37.0 Å². The molecule has 0 aromatic heterocycles. The topological polar surface area (TPSA) is 41.1 Å². The number of carbonyl (C=O) groups is 1. The predicted molar refractivity (Wildman–Crippen MR) is 77.6 cm³/mol. The van der Waals surface area contributed by atoms with E-state index >= 15 is 0 Å². The normalized spacial score (nSPS) is 12.4. The summed E-state index contributed by atoms with van der Waals surface area (Å²) in [6.45, 7) is 5.80. The van der Waals surface area contributed by atoms with Crippen LogP contribution in [0.1, 0.15) is 46.0 Å². The number of carbonyl (C=O) groups excluding carboxylic acids is 1. The first-order valence-electron chi connectivity index (χ1n) is 6.72. The van der Waals surface area contributed by atoms with Crippen molar-refractivity contribution in [2.24, 2.45) is 0 Å². The van der Waals surface area contributed by atoms with Gasteiger partial charge in [0, 0.05) is 6.54 Å². The number of nitrogens with one attached hydrogen (secondary N) is 2. The Morgan fingerprint density at radius 3 is 2.59 bits per heavy atom. The molecule has 0 fully saturated rings. The van der Waals surface area contributed by atoms with Crippen molar-refractivity contribution in [3.05, 3.63) is 0 Å². The van der Waals surface area contributed by atoms with Gasteiger partial charge >= 0.3 is 0 Å². The van der Waals surface area contributed by atoms with E-state index in [0.29, 0.717) is 0 Å². The third kappa shape index (κ3) is 10.6. The number of hydrogen-bond donors (Lipinski definition) is 2. The van der Waals surface area contributed by atoms with E-state index in [1.54, 1.807) is 0 Å². The first-order valence-corrected chi connectivity index (χ1v) is 8.11. The molecule has 2 N–H and O–H groups in total. The van der Waals surface area contributed by atoms with Crippen molar-refractivity contribution in [1.29, 1.82) is 0 Å². The highest BCUT2D eigenvalue weighted by Gasteiger charge is 2.10. The maximum Gasteiger partial charge on any atom is 0.236 e. The highest BCUT2D eigenvalue weighted by molar-refractivity contribution is 7.98. The standard InChI is InChI=1S/C13H28N2OS/c1-4-5-9-15-13(16)12(2)14-10-7-6-8-11-17-3/h12,14H,4-11H2,1-3H3,(H,15,16). The van der Waals surface area contributed by atoms with Gasteiger partial charge in [0.1, 0.15) is 0 Å². The summed E-state index contributed by atoms with van der Waals surface area (Å²) < 4.78 is 0. The van der Waals surface area contributed by atoms with Crippen LogP contribution >= 0.6 is 11.8 Å². The van der Waals surface area contributed by atoms with E-state index in [9.17, 15) is 4.79 Å². The van der Waals surface area contributed by atoms with Crippen molar-refractivity contribution < 1.29 is 4.79 Å². The molecule has 0 aliphatic heterocycles. The summed E-state index contributed by atoms with van der Waals surface area (Å²) in [6, 6.07) is -0.0626. The van der Waals surface area contributed by atoms with Gasteiger partial charge in [0.25, 0.3) is 0 Å². The average molecular weight is 260 g/mol. The number of amides is 1. The van der Waals surface area contributed by atoms with Gasteiger partial charge in [-0.15, -0.1) is 0 Å². The smallest absolute Gasteiger partial charge is 0.236 e. The maximum absolute atomic E-state index is 11.6. The zero-order chi connectivity index (χ0) is 12.9. The Morgan fingerprint density at radius 2 is 1.94 bits per heavy atom. The molecule has 1 amide bonds. The molecule has 1 atom stereocenters. The zero-order valence-corrected chi connectivity index (χ0v) is 12.4. The summed E-state index contributed by atoms with van der Waals surface area (Å²) >= 11 is 1.90. The van der Waals surface area contributed by atoms with E-state index in [0.717, 1.165) is 32.4 Å². The van der Waals surface area contributed by atoms with Gasteiger partial charge in [-0.25, -0.2) is 0 Å². The Balaban J connectivity index is 3.37. The summed E-state index contributed by atoms with van der Waals surface area (Å²) in [5.41, 5.74) is 0. The Labute approximate surface area is 111 Å². The van der Waals surface area contributed by atoms with Crippen LogP contribution in [0.5, 0.6) is 0 Å². The van der Waals surface area contributed by atoms with E-state index in [1.807, 2.05) is 18.7 Å². The lowest BCUT2D eigenvalue weighted by Gasteiger charge is -2.13. The van der Waals surface area contributed by atoms with Gasteiger partial charge in [0.15, 0.2) is 0 Å². The van der Waals surface area contributed by atoms with E-state index in [-0.39, 0.29) is 11.9 Å². The Kier molecular flexibility index (Phi) is 12.1. The molecule has 3 nitrogen and oxygen atoms in total. The van der Waals surface area contributed by atoms with Crippen LogP contribution in [0.2, 0.25) is 0 Å². The van der Waals surface area contributed by atoms with E-state index in [4.69, 9.17) is 0 Å². The molecule has 0 saturated heterocycles. The molecule has 102 valence electrons. The molecule has 0 radical (unpaired) electrons. The highest BCUT2D eigenvalue weighted by atomic mass is 32.2. The number of unbranched alkanes of at least 4 members (excludes halogenated alkanes) is 3. The minimum absolute atomic E-state index is 0.0626. The van der Waals surface area contributed by atoms with E-state index < -0.39 is 0 Å². The van der Waals surface area contributed by atoms with Crippen molar-refractivity contribution in [3.8, 4) is 0 Å². The molecule has 0 aliphatic rings. The summed E-state index contributed by atoms with van der Waals surface area (Å²) in [5.74, 6) is 1.37. The fourth-order valence-corrected chi connectivity index (χ4v) is 1.99.